The van der Waals surface area contributed by atoms with E-state index in [1.807, 2.05) is 6.26 Å². The van der Waals surface area contributed by atoms with E-state index in [9.17, 15) is 4.79 Å². The van der Waals surface area contributed by atoms with Gasteiger partial charge in [0.15, 0.2) is 0 Å². The van der Waals surface area contributed by atoms with Crippen LogP contribution >= 0.6 is 0 Å². The van der Waals surface area contributed by atoms with Gasteiger partial charge >= 0.3 is 6.03 Å². The first kappa shape index (κ1) is 21.1. The zero-order valence-corrected chi connectivity index (χ0v) is 19.4. The molecule has 32 heavy (non-hydrogen) atoms. The molecule has 2 amide bonds. The first-order valence-electron chi connectivity index (χ1n) is 13.3. The number of amides is 2. The standard InChI is InChI=1S/C27H40N2O3/c28-26(30)29-12-14-32-27(17-29,21-4-2-13-31-16-21)20-8-11-23-19(15-20)7-10-24-22-5-1-3-18(22)6-9-25(23)24/h2,4,16,18-20,22-25H,1,3,5-15,17H2,(H2,28,30). The van der Waals surface area contributed by atoms with Crippen LogP contribution in [0.1, 0.15) is 64.2 Å². The summed E-state index contributed by atoms with van der Waals surface area (Å²) in [6.07, 6.45) is 20.2. The molecule has 8 unspecified atom stereocenters. The Morgan fingerprint density at radius 3 is 2.53 bits per heavy atom. The van der Waals surface area contributed by atoms with E-state index in [0.29, 0.717) is 32.2 Å². The molecule has 2 heterocycles. The number of rotatable bonds is 2. The molecule has 0 aromatic heterocycles. The lowest BCUT2D eigenvalue weighted by atomic mass is 9.52. The largest absolute Gasteiger partial charge is 0.497 e. The summed E-state index contributed by atoms with van der Waals surface area (Å²) in [5.41, 5.74) is 6.35. The van der Waals surface area contributed by atoms with Crippen LogP contribution in [0.25, 0.3) is 0 Å². The summed E-state index contributed by atoms with van der Waals surface area (Å²) < 4.78 is 12.3. The van der Waals surface area contributed by atoms with Crippen LogP contribution in [0, 0.1) is 41.4 Å². The second kappa shape index (κ2) is 8.38. The van der Waals surface area contributed by atoms with Gasteiger partial charge in [0.05, 0.1) is 19.4 Å². The lowest BCUT2D eigenvalue weighted by molar-refractivity contribution is -0.131. The highest BCUT2D eigenvalue weighted by Crippen LogP contribution is 2.59. The molecule has 176 valence electrons. The smallest absolute Gasteiger partial charge is 0.314 e. The van der Waals surface area contributed by atoms with E-state index >= 15 is 0 Å². The van der Waals surface area contributed by atoms with Crippen molar-refractivity contribution in [1.82, 2.24) is 4.90 Å². The SMILES string of the molecule is NC(=O)N1CCOC(C2=COCC=C2)(C2CCC3C(CCC4C5CCCC5CCC34)C2)C1. The van der Waals surface area contributed by atoms with Gasteiger partial charge < -0.3 is 20.1 Å². The van der Waals surface area contributed by atoms with Gasteiger partial charge in [0, 0.05) is 12.1 Å². The Morgan fingerprint density at radius 2 is 1.75 bits per heavy atom. The minimum absolute atomic E-state index is 0.332. The van der Waals surface area contributed by atoms with E-state index in [-0.39, 0.29) is 6.03 Å². The molecule has 0 spiro atoms. The van der Waals surface area contributed by atoms with Gasteiger partial charge in [-0.25, -0.2) is 4.79 Å². The number of carbonyl (C=O) groups excluding carboxylic acids is 1. The van der Waals surface area contributed by atoms with E-state index in [2.05, 4.69) is 12.2 Å². The van der Waals surface area contributed by atoms with E-state index < -0.39 is 5.60 Å². The summed E-state index contributed by atoms with van der Waals surface area (Å²) in [6.45, 7) is 2.30. The molecule has 0 radical (unpaired) electrons. The molecule has 4 aliphatic carbocycles. The van der Waals surface area contributed by atoms with Crippen molar-refractivity contribution >= 4 is 6.03 Å². The molecule has 6 aliphatic rings. The van der Waals surface area contributed by atoms with Gasteiger partial charge in [-0.1, -0.05) is 18.9 Å². The molecule has 8 atom stereocenters. The maximum atomic E-state index is 12.1. The Hall–Kier alpha value is -1.49. The van der Waals surface area contributed by atoms with E-state index in [1.165, 1.54) is 64.2 Å². The van der Waals surface area contributed by atoms with Gasteiger partial charge in [0.25, 0.3) is 0 Å². The normalized spacial score (nSPS) is 45.8. The fraction of sp³-hybridized carbons (Fsp3) is 0.815. The molecule has 0 aromatic carbocycles. The summed E-state index contributed by atoms with van der Waals surface area (Å²) >= 11 is 0. The fourth-order valence-corrected chi connectivity index (χ4v) is 9.14. The van der Waals surface area contributed by atoms with Gasteiger partial charge in [-0.15, -0.1) is 0 Å². The van der Waals surface area contributed by atoms with Crippen molar-refractivity contribution in [2.75, 3.05) is 26.3 Å². The van der Waals surface area contributed by atoms with Crippen LogP contribution in [0.15, 0.2) is 24.0 Å². The number of urea groups is 1. The van der Waals surface area contributed by atoms with Crippen molar-refractivity contribution in [2.24, 2.45) is 47.2 Å². The summed E-state index contributed by atoms with van der Waals surface area (Å²) in [6, 6.07) is -0.332. The Labute approximate surface area is 192 Å². The van der Waals surface area contributed by atoms with Crippen molar-refractivity contribution in [2.45, 2.75) is 69.8 Å². The Balaban J connectivity index is 1.24. The molecular formula is C27H40N2O3. The lowest BCUT2D eigenvalue weighted by Crippen LogP contribution is -2.60. The van der Waals surface area contributed by atoms with Crippen LogP contribution < -0.4 is 5.73 Å². The van der Waals surface area contributed by atoms with Gasteiger partial charge in [0.2, 0.25) is 0 Å². The third-order valence-corrected chi connectivity index (χ3v) is 10.5. The number of fused-ring (bicyclic) bond motifs is 5. The number of hydrogen-bond acceptors (Lipinski definition) is 3. The first-order valence-corrected chi connectivity index (χ1v) is 13.3. The number of hydrogen-bond donors (Lipinski definition) is 1. The zero-order chi connectivity index (χ0) is 21.7. The van der Waals surface area contributed by atoms with Crippen molar-refractivity contribution < 1.29 is 14.3 Å². The second-order valence-electron chi connectivity index (χ2n) is 11.6. The van der Waals surface area contributed by atoms with Crippen molar-refractivity contribution in [1.29, 1.82) is 0 Å². The predicted molar refractivity (Wildman–Crippen MR) is 124 cm³/mol. The van der Waals surface area contributed by atoms with Crippen LogP contribution in [-0.4, -0.2) is 42.8 Å². The van der Waals surface area contributed by atoms with E-state index in [1.54, 1.807) is 4.90 Å². The highest BCUT2D eigenvalue weighted by atomic mass is 16.5. The molecule has 6 rings (SSSR count). The molecule has 1 saturated heterocycles. The third-order valence-electron chi connectivity index (χ3n) is 10.5. The van der Waals surface area contributed by atoms with Crippen LogP contribution in [0.3, 0.4) is 0 Å². The quantitative estimate of drug-likeness (QED) is 0.666. The van der Waals surface area contributed by atoms with Crippen molar-refractivity contribution in [3.05, 3.63) is 24.0 Å². The van der Waals surface area contributed by atoms with Crippen LogP contribution in [-0.2, 0) is 9.47 Å². The second-order valence-corrected chi connectivity index (χ2v) is 11.6. The fourth-order valence-electron chi connectivity index (χ4n) is 9.14. The summed E-state index contributed by atoms with van der Waals surface area (Å²) in [7, 11) is 0. The minimum atomic E-state index is -0.477. The van der Waals surface area contributed by atoms with Gasteiger partial charge in [-0.2, -0.15) is 0 Å². The van der Waals surface area contributed by atoms with Crippen molar-refractivity contribution in [3.63, 3.8) is 0 Å². The van der Waals surface area contributed by atoms with Crippen LogP contribution in [0.5, 0.6) is 0 Å². The number of ether oxygens (including phenoxy) is 2. The number of primary amides is 1. The maximum Gasteiger partial charge on any atom is 0.314 e. The molecule has 0 bridgehead atoms. The Morgan fingerprint density at radius 1 is 0.969 bits per heavy atom. The predicted octanol–water partition coefficient (Wildman–Crippen LogP) is 4.88. The zero-order valence-electron chi connectivity index (χ0n) is 19.4. The lowest BCUT2D eigenvalue weighted by Gasteiger charge is -2.56. The summed E-state index contributed by atoms with van der Waals surface area (Å²) in [5.74, 6) is 6.21. The minimum Gasteiger partial charge on any atom is -0.497 e. The maximum absolute atomic E-state index is 12.1. The highest BCUT2D eigenvalue weighted by molar-refractivity contribution is 5.72. The molecule has 2 N–H and O–H groups in total. The van der Waals surface area contributed by atoms with Crippen LogP contribution in [0.2, 0.25) is 0 Å². The molecule has 4 saturated carbocycles. The molecule has 2 aliphatic heterocycles. The molecular weight excluding hydrogens is 400 g/mol. The number of nitrogens with zero attached hydrogens (tertiary/aromatic N) is 1. The molecule has 0 aromatic rings. The molecule has 5 heteroatoms. The van der Waals surface area contributed by atoms with Gasteiger partial charge in [0.1, 0.15) is 12.2 Å². The van der Waals surface area contributed by atoms with Crippen molar-refractivity contribution in [3.8, 4) is 0 Å². The number of morpholine rings is 1. The molecule has 5 fully saturated rings. The van der Waals surface area contributed by atoms with E-state index in [0.717, 1.165) is 41.1 Å². The van der Waals surface area contributed by atoms with Gasteiger partial charge in [-0.3, -0.25) is 0 Å². The monoisotopic (exact) mass is 440 g/mol. The average Bonchev–Trinajstić information content (AvgIpc) is 3.33. The van der Waals surface area contributed by atoms with Gasteiger partial charge in [-0.05, 0) is 98.9 Å². The Kier molecular flexibility index (Phi) is 5.52. The molecule has 5 nitrogen and oxygen atoms in total. The highest BCUT2D eigenvalue weighted by Gasteiger charge is 2.54. The topological polar surface area (TPSA) is 64.8 Å². The number of nitrogens with two attached hydrogens (primary N) is 1. The first-order chi connectivity index (χ1) is 15.7. The van der Waals surface area contributed by atoms with E-state index in [4.69, 9.17) is 15.2 Å². The summed E-state index contributed by atoms with van der Waals surface area (Å²) in [4.78, 5) is 13.9. The average molecular weight is 441 g/mol. The summed E-state index contributed by atoms with van der Waals surface area (Å²) in [5, 5.41) is 0. The Bertz CT molecular complexity index is 794. The third kappa shape index (κ3) is 3.41. The van der Waals surface area contributed by atoms with Crippen LogP contribution in [0.4, 0.5) is 4.79 Å². The number of carbonyl (C=O) groups is 1.